The van der Waals surface area contributed by atoms with E-state index in [0.717, 1.165) is 18.6 Å². The largest absolute Gasteiger partial charge is 0.368 e. The Morgan fingerprint density at radius 2 is 1.85 bits per heavy atom. The maximum Gasteiger partial charge on any atom is 0.256 e. The Balaban J connectivity index is 1.51. The number of hydrogen-bond donors (Lipinski definition) is 1. The number of nitrogens with zero attached hydrogens (tertiary/aromatic N) is 2. The minimum Gasteiger partial charge on any atom is -0.368 e. The summed E-state index contributed by atoms with van der Waals surface area (Å²) < 4.78 is 13.6. The molecular formula is C21H22FN3O. The summed E-state index contributed by atoms with van der Waals surface area (Å²) in [6.07, 6.45) is 1.68. The number of amides is 1. The highest BCUT2D eigenvalue weighted by molar-refractivity contribution is 6.06. The van der Waals surface area contributed by atoms with Crippen molar-refractivity contribution in [1.29, 1.82) is 0 Å². The van der Waals surface area contributed by atoms with E-state index in [4.69, 9.17) is 0 Å². The summed E-state index contributed by atoms with van der Waals surface area (Å²) in [5.74, 6) is -0.367. The van der Waals surface area contributed by atoms with Crippen LogP contribution < -0.4 is 4.90 Å². The monoisotopic (exact) mass is 351 g/mol. The molecule has 134 valence electrons. The van der Waals surface area contributed by atoms with Crippen molar-refractivity contribution >= 4 is 22.5 Å². The van der Waals surface area contributed by atoms with Gasteiger partial charge >= 0.3 is 0 Å². The Morgan fingerprint density at radius 1 is 1.08 bits per heavy atom. The van der Waals surface area contributed by atoms with Gasteiger partial charge in [-0.1, -0.05) is 12.1 Å². The van der Waals surface area contributed by atoms with Crippen LogP contribution >= 0.6 is 0 Å². The molecule has 1 fully saturated rings. The number of fused-ring (bicyclic) bond motifs is 1. The Morgan fingerprint density at radius 3 is 2.62 bits per heavy atom. The van der Waals surface area contributed by atoms with Gasteiger partial charge in [0.1, 0.15) is 5.82 Å². The second kappa shape index (κ2) is 6.48. The number of benzene rings is 2. The highest BCUT2D eigenvalue weighted by Crippen LogP contribution is 2.25. The Bertz CT molecular complexity index is 971. The number of aryl methyl sites for hydroxylation is 1. The highest BCUT2D eigenvalue weighted by atomic mass is 19.1. The van der Waals surface area contributed by atoms with Crippen molar-refractivity contribution in [3.63, 3.8) is 0 Å². The average Bonchev–Trinajstić information content (AvgIpc) is 3.06. The molecule has 1 N–H and O–H groups in total. The van der Waals surface area contributed by atoms with Gasteiger partial charge in [-0.2, -0.15) is 0 Å². The lowest BCUT2D eigenvalue weighted by Gasteiger charge is -2.37. The number of H-pyrrole nitrogens is 1. The molecule has 0 aliphatic carbocycles. The van der Waals surface area contributed by atoms with Gasteiger partial charge in [0.15, 0.2) is 0 Å². The van der Waals surface area contributed by atoms with Crippen molar-refractivity contribution in [3.05, 3.63) is 65.1 Å². The Kier molecular flexibility index (Phi) is 4.15. The molecule has 1 saturated heterocycles. The predicted octanol–water partition coefficient (Wildman–Crippen LogP) is 3.89. The van der Waals surface area contributed by atoms with Crippen LogP contribution in [0.3, 0.4) is 0 Å². The molecule has 1 aliphatic heterocycles. The summed E-state index contributed by atoms with van der Waals surface area (Å²) in [6, 6.07) is 10.8. The first-order valence-corrected chi connectivity index (χ1v) is 8.91. The van der Waals surface area contributed by atoms with E-state index in [0.29, 0.717) is 24.0 Å². The van der Waals surface area contributed by atoms with Crippen molar-refractivity contribution < 1.29 is 9.18 Å². The average molecular weight is 351 g/mol. The van der Waals surface area contributed by atoms with Crippen molar-refractivity contribution in [3.8, 4) is 0 Å². The van der Waals surface area contributed by atoms with Gasteiger partial charge in [0, 0.05) is 49.0 Å². The minimum absolute atomic E-state index is 0.0394. The number of carbonyl (C=O) groups is 1. The summed E-state index contributed by atoms with van der Waals surface area (Å²) in [7, 11) is 0. The molecule has 2 heterocycles. The van der Waals surface area contributed by atoms with Crippen molar-refractivity contribution in [2.75, 3.05) is 31.1 Å². The maximum absolute atomic E-state index is 13.6. The topological polar surface area (TPSA) is 39.3 Å². The van der Waals surface area contributed by atoms with E-state index in [2.05, 4.69) is 41.9 Å². The second-order valence-electron chi connectivity index (χ2n) is 6.89. The van der Waals surface area contributed by atoms with E-state index in [-0.39, 0.29) is 11.7 Å². The first-order valence-electron chi connectivity index (χ1n) is 8.91. The molecular weight excluding hydrogens is 329 g/mol. The molecule has 0 radical (unpaired) electrons. The lowest BCUT2D eigenvalue weighted by atomic mass is 10.1. The van der Waals surface area contributed by atoms with E-state index in [1.54, 1.807) is 12.3 Å². The molecule has 1 aromatic heterocycles. The number of aromatic amines is 1. The molecule has 3 aromatic rings. The Hall–Kier alpha value is -2.82. The molecule has 4 rings (SSSR count). The van der Waals surface area contributed by atoms with Crippen molar-refractivity contribution in [2.45, 2.75) is 13.8 Å². The number of nitrogens with one attached hydrogen (secondary N) is 1. The molecule has 1 amide bonds. The molecule has 4 nitrogen and oxygen atoms in total. The van der Waals surface area contributed by atoms with Gasteiger partial charge in [0.05, 0.1) is 5.56 Å². The zero-order valence-corrected chi connectivity index (χ0v) is 15.1. The highest BCUT2D eigenvalue weighted by Gasteiger charge is 2.25. The molecule has 1 aliphatic rings. The quantitative estimate of drug-likeness (QED) is 0.761. The fourth-order valence-electron chi connectivity index (χ4n) is 3.67. The SMILES string of the molecule is Cc1cccc(N2CCN(C(=O)c3c[nH]c4ccc(F)cc34)CC2)c1C. The summed E-state index contributed by atoms with van der Waals surface area (Å²) >= 11 is 0. The normalized spacial score (nSPS) is 14.9. The third-order valence-electron chi connectivity index (χ3n) is 5.36. The molecule has 0 spiro atoms. The molecule has 5 heteroatoms. The van der Waals surface area contributed by atoms with E-state index in [1.807, 2.05) is 4.90 Å². The summed E-state index contributed by atoms with van der Waals surface area (Å²) in [5.41, 5.74) is 5.14. The third-order valence-corrected chi connectivity index (χ3v) is 5.36. The van der Waals surface area contributed by atoms with Crippen LogP contribution in [-0.2, 0) is 0 Å². The minimum atomic E-state index is -0.328. The number of hydrogen-bond acceptors (Lipinski definition) is 2. The lowest BCUT2D eigenvalue weighted by Crippen LogP contribution is -2.49. The van der Waals surface area contributed by atoms with E-state index >= 15 is 0 Å². The van der Waals surface area contributed by atoms with Gasteiger partial charge in [-0.15, -0.1) is 0 Å². The number of anilines is 1. The summed E-state index contributed by atoms with van der Waals surface area (Å²) in [6.45, 7) is 7.18. The molecule has 0 unspecified atom stereocenters. The van der Waals surface area contributed by atoms with Gasteiger partial charge in [0.2, 0.25) is 0 Å². The predicted molar refractivity (Wildman–Crippen MR) is 102 cm³/mol. The van der Waals surface area contributed by atoms with Crippen LogP contribution in [0.2, 0.25) is 0 Å². The standard InChI is InChI=1S/C21H22FN3O/c1-14-4-3-5-20(15(14)2)24-8-10-25(11-9-24)21(26)18-13-23-19-7-6-16(22)12-17(18)19/h3-7,12-13,23H,8-11H2,1-2H3. The first kappa shape index (κ1) is 16.6. The smallest absolute Gasteiger partial charge is 0.256 e. The first-order chi connectivity index (χ1) is 12.5. The van der Waals surface area contributed by atoms with Crippen LogP contribution in [0.15, 0.2) is 42.6 Å². The lowest BCUT2D eigenvalue weighted by molar-refractivity contribution is 0.0749. The van der Waals surface area contributed by atoms with E-state index < -0.39 is 0 Å². The maximum atomic E-state index is 13.6. The van der Waals surface area contributed by atoms with E-state index in [1.165, 1.54) is 28.9 Å². The fraction of sp³-hybridized carbons (Fsp3) is 0.286. The van der Waals surface area contributed by atoms with Gasteiger partial charge in [-0.05, 0) is 49.2 Å². The van der Waals surface area contributed by atoms with Crippen LogP contribution in [-0.4, -0.2) is 42.0 Å². The van der Waals surface area contributed by atoms with Crippen LogP contribution in [0.1, 0.15) is 21.5 Å². The number of piperazine rings is 1. The number of rotatable bonds is 2. The van der Waals surface area contributed by atoms with Crippen LogP contribution in [0.4, 0.5) is 10.1 Å². The number of carbonyl (C=O) groups excluding carboxylic acids is 1. The second-order valence-corrected chi connectivity index (χ2v) is 6.89. The van der Waals surface area contributed by atoms with Gasteiger partial charge in [-0.25, -0.2) is 4.39 Å². The molecule has 0 atom stereocenters. The van der Waals surface area contributed by atoms with E-state index in [9.17, 15) is 9.18 Å². The molecule has 0 saturated carbocycles. The van der Waals surface area contributed by atoms with Crippen LogP contribution in [0.5, 0.6) is 0 Å². The molecule has 0 bridgehead atoms. The summed E-state index contributed by atoms with van der Waals surface area (Å²) in [4.78, 5) is 20.2. The molecule has 2 aromatic carbocycles. The van der Waals surface area contributed by atoms with Crippen molar-refractivity contribution in [1.82, 2.24) is 9.88 Å². The molecule has 26 heavy (non-hydrogen) atoms. The Labute approximate surface area is 152 Å². The van der Waals surface area contributed by atoms with Crippen LogP contribution in [0.25, 0.3) is 10.9 Å². The zero-order chi connectivity index (χ0) is 18.3. The number of halogens is 1. The summed E-state index contributed by atoms with van der Waals surface area (Å²) in [5, 5.41) is 0.645. The van der Waals surface area contributed by atoms with Crippen molar-refractivity contribution in [2.24, 2.45) is 0 Å². The van der Waals surface area contributed by atoms with Gasteiger partial charge in [-0.3, -0.25) is 4.79 Å². The fourth-order valence-corrected chi connectivity index (χ4v) is 3.67. The van der Waals surface area contributed by atoms with Gasteiger partial charge in [0.25, 0.3) is 5.91 Å². The number of aromatic nitrogens is 1. The van der Waals surface area contributed by atoms with Crippen LogP contribution in [0, 0.1) is 19.7 Å². The zero-order valence-electron chi connectivity index (χ0n) is 15.1. The third kappa shape index (κ3) is 2.83. The van der Waals surface area contributed by atoms with Gasteiger partial charge < -0.3 is 14.8 Å².